The maximum Gasteiger partial charge on any atom is 0.191 e. The van der Waals surface area contributed by atoms with E-state index in [2.05, 4.69) is 20.7 Å². The van der Waals surface area contributed by atoms with E-state index in [9.17, 15) is 5.11 Å². The van der Waals surface area contributed by atoms with Crippen LogP contribution >= 0.6 is 35.6 Å². The number of aryl methyl sites for hydroxylation is 1. The molecule has 0 bridgehead atoms. The highest BCUT2D eigenvalue weighted by Gasteiger charge is 2.16. The number of halogens is 2. The van der Waals surface area contributed by atoms with E-state index in [1.807, 2.05) is 19.2 Å². The molecule has 3 N–H and O–H groups in total. The Hall–Kier alpha value is -1.72. The minimum atomic E-state index is -0.676. The van der Waals surface area contributed by atoms with Crippen molar-refractivity contribution in [1.29, 1.82) is 0 Å². The van der Waals surface area contributed by atoms with Gasteiger partial charge in [-0.2, -0.15) is 5.10 Å². The number of nitrogens with zero attached hydrogens (tertiary/aromatic N) is 3. The highest BCUT2D eigenvalue weighted by molar-refractivity contribution is 14.0. The van der Waals surface area contributed by atoms with Crippen LogP contribution in [-0.4, -0.2) is 47.7 Å². The van der Waals surface area contributed by atoms with Crippen molar-refractivity contribution in [2.24, 2.45) is 12.0 Å². The van der Waals surface area contributed by atoms with Gasteiger partial charge < -0.3 is 25.2 Å². The molecule has 0 saturated heterocycles. The van der Waals surface area contributed by atoms with Gasteiger partial charge in [0.15, 0.2) is 17.5 Å². The van der Waals surface area contributed by atoms with Gasteiger partial charge in [0, 0.05) is 45.4 Å². The second-order valence-corrected chi connectivity index (χ2v) is 6.63. The van der Waals surface area contributed by atoms with Crippen molar-refractivity contribution in [3.63, 3.8) is 0 Å². The predicted molar refractivity (Wildman–Crippen MR) is 119 cm³/mol. The summed E-state index contributed by atoms with van der Waals surface area (Å²) >= 11 is 6.32. The van der Waals surface area contributed by atoms with E-state index in [0.717, 1.165) is 17.5 Å². The van der Waals surface area contributed by atoms with E-state index in [4.69, 9.17) is 21.1 Å². The number of benzene rings is 1. The number of aliphatic hydroxyl groups excluding tert-OH is 1. The van der Waals surface area contributed by atoms with Crippen molar-refractivity contribution in [1.82, 2.24) is 20.4 Å². The van der Waals surface area contributed by atoms with Crippen LogP contribution in [0.2, 0.25) is 5.02 Å². The zero-order chi connectivity index (χ0) is 19.2. The lowest BCUT2D eigenvalue weighted by Crippen LogP contribution is -2.39. The molecule has 0 amide bonds. The maximum absolute atomic E-state index is 10.2. The molecule has 154 valence electrons. The smallest absolute Gasteiger partial charge is 0.191 e. The van der Waals surface area contributed by atoms with Gasteiger partial charge in [-0.05, 0) is 17.7 Å². The summed E-state index contributed by atoms with van der Waals surface area (Å²) in [4.78, 5) is 4.17. The standard InChI is InChI=1S/C18H24ClN5O3.HI/c1-20-18(22-10-15(25)13-9-23-24(2)11-13)21-8-12-6-14(19)17-16(7-12)26-4-3-5-27-17;/h6-7,9,11,15,25H,3-5,8,10H2,1-2H3,(H2,20,21,22);1H. The molecule has 0 saturated carbocycles. The fourth-order valence-corrected chi connectivity index (χ4v) is 3.00. The number of aromatic nitrogens is 2. The van der Waals surface area contributed by atoms with Crippen molar-refractivity contribution in [2.75, 3.05) is 26.8 Å². The van der Waals surface area contributed by atoms with Crippen molar-refractivity contribution in [2.45, 2.75) is 19.1 Å². The van der Waals surface area contributed by atoms with Crippen molar-refractivity contribution < 1.29 is 14.6 Å². The number of guanidine groups is 1. The molecule has 0 aliphatic carbocycles. The number of hydrogen-bond donors (Lipinski definition) is 3. The molecule has 3 rings (SSSR count). The van der Waals surface area contributed by atoms with Gasteiger partial charge in [-0.25, -0.2) is 0 Å². The van der Waals surface area contributed by atoms with Crippen LogP contribution in [0.1, 0.15) is 23.7 Å². The van der Waals surface area contributed by atoms with Gasteiger partial charge in [-0.3, -0.25) is 9.67 Å². The molecular weight excluding hydrogens is 497 g/mol. The zero-order valence-corrected chi connectivity index (χ0v) is 18.9. The van der Waals surface area contributed by atoms with Gasteiger partial charge in [0.1, 0.15) is 0 Å². The van der Waals surface area contributed by atoms with E-state index in [-0.39, 0.29) is 24.0 Å². The third-order valence-electron chi connectivity index (χ3n) is 4.12. The lowest BCUT2D eigenvalue weighted by molar-refractivity contribution is 0.180. The fourth-order valence-electron chi connectivity index (χ4n) is 2.72. The minimum absolute atomic E-state index is 0. The van der Waals surface area contributed by atoms with Gasteiger partial charge in [0.25, 0.3) is 0 Å². The summed E-state index contributed by atoms with van der Waals surface area (Å²) in [5.41, 5.74) is 1.69. The van der Waals surface area contributed by atoms with Gasteiger partial charge in [-0.15, -0.1) is 24.0 Å². The Morgan fingerprint density at radius 3 is 2.86 bits per heavy atom. The molecule has 2 heterocycles. The van der Waals surface area contributed by atoms with Crippen LogP contribution < -0.4 is 20.1 Å². The average Bonchev–Trinajstić information content (AvgIpc) is 2.95. The summed E-state index contributed by atoms with van der Waals surface area (Å²) in [6, 6.07) is 3.76. The van der Waals surface area contributed by atoms with E-state index >= 15 is 0 Å². The summed E-state index contributed by atoms with van der Waals surface area (Å²) in [5, 5.41) is 21.1. The summed E-state index contributed by atoms with van der Waals surface area (Å²) in [6.07, 6.45) is 3.57. The van der Waals surface area contributed by atoms with Crippen LogP contribution in [0, 0.1) is 0 Å². The molecule has 0 fully saturated rings. The number of hydrogen-bond acceptors (Lipinski definition) is 5. The second kappa shape index (κ2) is 10.7. The van der Waals surface area contributed by atoms with Crippen LogP contribution in [0.15, 0.2) is 29.5 Å². The number of fused-ring (bicyclic) bond motifs is 1. The van der Waals surface area contributed by atoms with Crippen molar-refractivity contribution in [3.05, 3.63) is 40.7 Å². The van der Waals surface area contributed by atoms with Crippen LogP contribution in [0.4, 0.5) is 0 Å². The third-order valence-corrected chi connectivity index (χ3v) is 4.40. The first-order chi connectivity index (χ1) is 13.1. The van der Waals surface area contributed by atoms with E-state index in [1.165, 1.54) is 0 Å². The average molecular weight is 522 g/mol. The number of aliphatic imine (C=N–C) groups is 1. The lowest BCUT2D eigenvalue weighted by Gasteiger charge is -2.16. The first kappa shape index (κ1) is 22.6. The normalized spacial score (nSPS) is 14.6. The molecular formula is C18H25ClIN5O3. The van der Waals surface area contributed by atoms with Gasteiger partial charge >= 0.3 is 0 Å². The number of aliphatic hydroxyl groups is 1. The SMILES string of the molecule is CN=C(NCc1cc(Cl)c2c(c1)OCCCO2)NCC(O)c1cnn(C)c1.I. The number of ether oxygens (including phenoxy) is 2. The molecule has 0 spiro atoms. The first-order valence-electron chi connectivity index (χ1n) is 8.76. The van der Waals surface area contributed by atoms with Crippen molar-refractivity contribution >= 4 is 41.5 Å². The van der Waals surface area contributed by atoms with Crippen molar-refractivity contribution in [3.8, 4) is 11.5 Å². The van der Waals surface area contributed by atoms with Gasteiger partial charge in [0.05, 0.1) is 30.5 Å². The molecule has 8 nitrogen and oxygen atoms in total. The highest BCUT2D eigenvalue weighted by Crippen LogP contribution is 2.37. The molecule has 1 aliphatic heterocycles. The minimum Gasteiger partial charge on any atom is -0.489 e. The molecule has 0 radical (unpaired) electrons. The zero-order valence-electron chi connectivity index (χ0n) is 15.8. The van der Waals surface area contributed by atoms with Gasteiger partial charge in [0.2, 0.25) is 0 Å². The topological polar surface area (TPSA) is 92.9 Å². The Balaban J connectivity index is 0.00000280. The molecule has 10 heteroatoms. The molecule has 2 aromatic rings. The Kier molecular flexibility index (Phi) is 8.64. The molecule has 1 aromatic carbocycles. The summed E-state index contributed by atoms with van der Waals surface area (Å²) in [6.45, 7) is 2.02. The van der Waals surface area contributed by atoms with Gasteiger partial charge in [-0.1, -0.05) is 11.6 Å². The predicted octanol–water partition coefficient (Wildman–Crippen LogP) is 2.25. The second-order valence-electron chi connectivity index (χ2n) is 6.23. The van der Waals surface area contributed by atoms with Crippen LogP contribution in [0.25, 0.3) is 0 Å². The quantitative estimate of drug-likeness (QED) is 0.318. The summed E-state index contributed by atoms with van der Waals surface area (Å²) in [5.74, 6) is 1.83. The Morgan fingerprint density at radius 2 is 2.14 bits per heavy atom. The van der Waals surface area contributed by atoms with E-state index in [0.29, 0.717) is 48.8 Å². The van der Waals surface area contributed by atoms with E-state index in [1.54, 1.807) is 24.1 Å². The fraction of sp³-hybridized carbons (Fsp3) is 0.444. The molecule has 28 heavy (non-hydrogen) atoms. The molecule has 1 atom stereocenters. The Morgan fingerprint density at radius 1 is 1.36 bits per heavy atom. The highest BCUT2D eigenvalue weighted by atomic mass is 127. The third kappa shape index (κ3) is 5.89. The number of rotatable bonds is 5. The molecule has 1 aliphatic rings. The summed E-state index contributed by atoms with van der Waals surface area (Å²) < 4.78 is 13.0. The van der Waals surface area contributed by atoms with Crippen LogP contribution in [0.3, 0.4) is 0 Å². The molecule has 1 unspecified atom stereocenters. The monoisotopic (exact) mass is 521 g/mol. The van der Waals surface area contributed by atoms with E-state index < -0.39 is 6.10 Å². The van der Waals surface area contributed by atoms with Crippen LogP contribution in [0.5, 0.6) is 11.5 Å². The Labute approximate surface area is 186 Å². The molecule has 1 aromatic heterocycles. The Bertz CT molecular complexity index is 815. The number of nitrogens with one attached hydrogen (secondary N) is 2. The van der Waals surface area contributed by atoms with Crippen LogP contribution in [-0.2, 0) is 13.6 Å². The summed E-state index contributed by atoms with van der Waals surface area (Å²) in [7, 11) is 3.48. The lowest BCUT2D eigenvalue weighted by atomic mass is 10.2. The maximum atomic E-state index is 10.2. The first-order valence-corrected chi connectivity index (χ1v) is 9.13. The largest absolute Gasteiger partial charge is 0.489 e.